The van der Waals surface area contributed by atoms with E-state index in [1.165, 1.54) is 0 Å². The summed E-state index contributed by atoms with van der Waals surface area (Å²) in [5.74, 6) is 0. The summed E-state index contributed by atoms with van der Waals surface area (Å²) in [6.45, 7) is 0. The summed E-state index contributed by atoms with van der Waals surface area (Å²) in [7, 11) is 0. The summed E-state index contributed by atoms with van der Waals surface area (Å²) in [6.07, 6.45) is -17.8. The van der Waals surface area contributed by atoms with Gasteiger partial charge in [-0.25, -0.2) is 0 Å². The highest BCUT2D eigenvalue weighted by Crippen LogP contribution is 2.55. The second-order valence-corrected chi connectivity index (χ2v) is 13.0. The van der Waals surface area contributed by atoms with Crippen LogP contribution in [0.1, 0.15) is 0 Å². The molecule has 1 saturated carbocycles. The van der Waals surface area contributed by atoms with Gasteiger partial charge in [0.15, 0.2) is 0 Å². The van der Waals surface area contributed by atoms with E-state index in [2.05, 4.69) is 25.1 Å². The van der Waals surface area contributed by atoms with Crippen molar-refractivity contribution in [2.24, 2.45) is 0 Å². The fourth-order valence-electron chi connectivity index (χ4n) is 2.67. The van der Waals surface area contributed by atoms with Crippen molar-refractivity contribution in [3.63, 3.8) is 0 Å². The van der Waals surface area contributed by atoms with Gasteiger partial charge >= 0.3 is 0 Å². The predicted octanol–water partition coefficient (Wildman–Crippen LogP) is 3.14. The van der Waals surface area contributed by atoms with E-state index in [0.717, 1.165) is 0 Å². The first-order valence-corrected chi connectivity index (χ1v) is 16.3. The van der Waals surface area contributed by atoms with Gasteiger partial charge in [0.25, 0.3) is 0 Å². The number of hydrogen-bond donors (Lipinski definition) is 18. The summed E-state index contributed by atoms with van der Waals surface area (Å²) in [5.41, 5.74) is 0. The highest BCUT2D eigenvalue weighted by molar-refractivity contribution is 8.16. The van der Waals surface area contributed by atoms with Crippen LogP contribution in [0.4, 0.5) is 0 Å². The maximum absolute atomic E-state index is 9.28. The fraction of sp³-hybridized carbons (Fsp3) is 1.00. The molecule has 1 aliphatic rings. The summed E-state index contributed by atoms with van der Waals surface area (Å²) < 4.78 is 193. The zero-order valence-corrected chi connectivity index (χ0v) is 21.3. The van der Waals surface area contributed by atoms with E-state index in [9.17, 15) is 81.9 Å². The molecule has 30 heteroatoms. The van der Waals surface area contributed by atoms with Crippen molar-refractivity contribution in [1.29, 1.82) is 0 Å². The van der Waals surface area contributed by atoms with Crippen molar-refractivity contribution < 1.29 is 107 Å². The van der Waals surface area contributed by atoms with E-state index in [4.69, 9.17) is 0 Å². The second kappa shape index (κ2) is 11.9. The number of rotatable bonds is 12. The molecule has 0 amide bonds. The molecule has 0 aliphatic heterocycles. The molecule has 0 aromatic heterocycles. The van der Waals surface area contributed by atoms with Crippen molar-refractivity contribution in [2.45, 2.75) is 36.6 Å². The van der Waals surface area contributed by atoms with Gasteiger partial charge in [-0.3, -0.25) is 107 Å². The van der Waals surface area contributed by atoms with Crippen molar-refractivity contribution in [3.8, 4) is 0 Å². The van der Waals surface area contributed by atoms with Crippen molar-refractivity contribution in [3.05, 3.63) is 0 Å². The topological polar surface area (TPSA) is 420 Å². The Morgan fingerprint density at radius 1 is 0.222 bits per heavy atom. The molecule has 24 nitrogen and oxygen atoms in total. The minimum absolute atomic E-state index is 2.96. The molecule has 0 atom stereocenters. The smallest absolute Gasteiger partial charge is 0.217 e. The molecule has 0 aromatic rings. The molecule has 1 rings (SSSR count). The molecule has 228 valence electrons. The third-order valence-corrected chi connectivity index (χ3v) is 6.27. The van der Waals surface area contributed by atoms with Crippen LogP contribution in [0, 0.1) is 0 Å². The Kier molecular flexibility index (Phi) is 11.7. The van der Waals surface area contributed by atoms with Gasteiger partial charge in [0.1, 0.15) is 36.6 Å². The maximum atomic E-state index is 9.28. The number of hydrogen-bond acceptors (Lipinski definition) is 24. The Bertz CT molecular complexity index is 530. The van der Waals surface area contributed by atoms with E-state index in [-0.39, 0.29) is 0 Å². The SMILES string of the molecule is OS(O)(O)OC1C(OS(O)(O)O)C(OS(O)(O)O)C(OS(O)(O)O)C(OS(O)(O)O)C1OS(O)(O)O. The Morgan fingerprint density at radius 2 is 0.306 bits per heavy atom. The standard InChI is InChI=1S/C6H24O24S6/c7-31(8,9)25-1-2(26-32(10,11)12)4(28-34(16,17)18)6(30-36(22,23)24)5(29-35(19,20)21)3(1)27-33(13,14)15/h1-24H. The monoisotopic (exact) mass is 672 g/mol. The molecular formula is C6H24O24S6. The molecule has 0 bridgehead atoms. The van der Waals surface area contributed by atoms with Crippen molar-refractivity contribution in [2.75, 3.05) is 0 Å². The Balaban J connectivity index is 3.94. The molecule has 36 heavy (non-hydrogen) atoms. The molecule has 0 unspecified atom stereocenters. The van der Waals surface area contributed by atoms with Crippen LogP contribution < -0.4 is 0 Å². The summed E-state index contributed by atoms with van der Waals surface area (Å²) in [5, 5.41) is 0. The second-order valence-electron chi connectivity index (χ2n) is 6.18. The van der Waals surface area contributed by atoms with Gasteiger partial charge in [0.05, 0.1) is 0 Å². The van der Waals surface area contributed by atoms with Crippen LogP contribution >= 0.6 is 66.9 Å². The summed E-state index contributed by atoms with van der Waals surface area (Å²) in [6, 6.07) is 0. The lowest BCUT2D eigenvalue weighted by atomic mass is 9.85. The molecule has 1 aliphatic carbocycles. The van der Waals surface area contributed by atoms with Gasteiger partial charge in [0, 0.05) is 0 Å². The quantitative estimate of drug-likeness (QED) is 0.141. The van der Waals surface area contributed by atoms with E-state index in [0.29, 0.717) is 0 Å². The highest BCUT2D eigenvalue weighted by Gasteiger charge is 2.62. The van der Waals surface area contributed by atoms with E-state index >= 15 is 0 Å². The molecule has 18 N–H and O–H groups in total. The van der Waals surface area contributed by atoms with Crippen molar-refractivity contribution in [1.82, 2.24) is 0 Å². The van der Waals surface area contributed by atoms with Gasteiger partial charge in [-0.1, -0.05) is 0 Å². The molecule has 0 spiro atoms. The molecule has 0 saturated heterocycles. The lowest BCUT2D eigenvalue weighted by Crippen LogP contribution is -2.67. The Morgan fingerprint density at radius 3 is 0.361 bits per heavy atom. The van der Waals surface area contributed by atoms with Crippen LogP contribution in [0.5, 0.6) is 0 Å². The predicted molar refractivity (Wildman–Crippen MR) is 122 cm³/mol. The van der Waals surface area contributed by atoms with E-state index in [1.54, 1.807) is 0 Å². The largest absolute Gasteiger partial charge is 0.287 e. The van der Waals surface area contributed by atoms with Crippen LogP contribution in [0.2, 0.25) is 0 Å². The first kappa shape index (κ1) is 35.2. The average Bonchev–Trinajstić information content (AvgIpc) is 2.51. The molecule has 0 radical (unpaired) electrons. The fourth-order valence-corrected chi connectivity index (χ4v) is 5.78. The van der Waals surface area contributed by atoms with Crippen LogP contribution in [0.25, 0.3) is 0 Å². The molecule has 0 aromatic carbocycles. The third-order valence-electron chi connectivity index (χ3n) is 3.38. The first-order valence-electron chi connectivity index (χ1n) is 7.70. The first-order chi connectivity index (χ1) is 15.6. The van der Waals surface area contributed by atoms with E-state index < -0.39 is 104 Å². The third kappa shape index (κ3) is 13.5. The summed E-state index contributed by atoms with van der Waals surface area (Å²) >= 11 is -32.3. The zero-order valence-electron chi connectivity index (χ0n) is 16.4. The summed E-state index contributed by atoms with van der Waals surface area (Å²) in [4.78, 5) is 0. The molecular weight excluding hydrogens is 648 g/mol. The molecule has 0 heterocycles. The minimum atomic E-state index is -5.38. The van der Waals surface area contributed by atoms with Crippen LogP contribution in [-0.2, 0) is 25.1 Å². The zero-order chi connectivity index (χ0) is 28.7. The normalized spacial score (nSPS) is 32.2. The average molecular weight is 673 g/mol. The minimum Gasteiger partial charge on any atom is -0.287 e. The van der Waals surface area contributed by atoms with Crippen molar-refractivity contribution >= 4 is 66.9 Å². The Labute approximate surface area is 210 Å². The van der Waals surface area contributed by atoms with Gasteiger partial charge in [-0.05, 0) is 0 Å². The van der Waals surface area contributed by atoms with Gasteiger partial charge in [-0.2, -0.15) is 0 Å². The van der Waals surface area contributed by atoms with Gasteiger partial charge in [-0.15, -0.1) is 0 Å². The lowest BCUT2D eigenvalue weighted by molar-refractivity contribution is -0.197. The highest BCUT2D eigenvalue weighted by atomic mass is 32.3. The van der Waals surface area contributed by atoms with E-state index in [1.807, 2.05) is 0 Å². The Hall–Kier alpha value is 1.14. The van der Waals surface area contributed by atoms with Crippen LogP contribution in [0.3, 0.4) is 0 Å². The maximum Gasteiger partial charge on any atom is 0.217 e. The van der Waals surface area contributed by atoms with Crippen LogP contribution in [-0.4, -0.2) is 119 Å². The lowest BCUT2D eigenvalue weighted by Gasteiger charge is -2.51. The van der Waals surface area contributed by atoms with Crippen LogP contribution in [0.15, 0.2) is 0 Å². The van der Waals surface area contributed by atoms with Gasteiger partial charge < -0.3 is 0 Å². The van der Waals surface area contributed by atoms with Gasteiger partial charge in [0.2, 0.25) is 66.9 Å². The molecule has 1 fully saturated rings.